The number of ether oxygens (including phenoxy) is 2. The molecule has 23 heavy (non-hydrogen) atoms. The van der Waals surface area contributed by atoms with Gasteiger partial charge in [0.05, 0.1) is 23.8 Å². The van der Waals surface area contributed by atoms with E-state index in [0.717, 1.165) is 0 Å². The largest absolute Gasteiger partial charge is 0.494 e. The van der Waals surface area contributed by atoms with Crippen LogP contribution in [-0.4, -0.2) is 28.7 Å². The maximum atomic E-state index is 12.7. The first-order valence-electron chi connectivity index (χ1n) is 7.43. The first-order chi connectivity index (χ1) is 11.0. The molecule has 0 spiro atoms. The van der Waals surface area contributed by atoms with Gasteiger partial charge in [-0.15, -0.1) is 0 Å². The fraction of sp³-hybridized carbons (Fsp3) is 0.294. The third-order valence-electron chi connectivity index (χ3n) is 3.30. The first-order valence-corrected chi connectivity index (χ1v) is 8.87. The Morgan fingerprint density at radius 2 is 1.26 bits per heavy atom. The highest BCUT2D eigenvalue weighted by Crippen LogP contribution is 2.25. The fourth-order valence-electron chi connectivity index (χ4n) is 2.09. The normalized spacial score (nSPS) is 11.1. The molecule has 0 saturated heterocycles. The number of hydrogen-bond donors (Lipinski definition) is 0. The van der Waals surface area contributed by atoms with Gasteiger partial charge in [0.15, 0.2) is 0 Å². The van der Waals surface area contributed by atoms with Crippen molar-refractivity contribution in [2.24, 2.45) is 0 Å². The van der Waals surface area contributed by atoms with Crippen molar-refractivity contribution in [3.8, 4) is 11.5 Å². The molecular formula is C17H21NO4S. The molecule has 0 amide bonds. The Balaban J connectivity index is 2.23. The van der Waals surface area contributed by atoms with E-state index < -0.39 is 10.0 Å². The highest BCUT2D eigenvalue weighted by atomic mass is 32.2. The van der Waals surface area contributed by atoms with Crippen LogP contribution in [0.5, 0.6) is 11.5 Å². The van der Waals surface area contributed by atoms with Crippen LogP contribution in [0.1, 0.15) is 13.8 Å². The van der Waals surface area contributed by atoms with E-state index in [2.05, 4.69) is 0 Å². The number of anilines is 1. The monoisotopic (exact) mass is 335 g/mol. The van der Waals surface area contributed by atoms with E-state index in [9.17, 15) is 8.42 Å². The van der Waals surface area contributed by atoms with E-state index in [1.165, 1.54) is 11.4 Å². The Kier molecular flexibility index (Phi) is 5.50. The molecule has 2 rings (SSSR count). The summed E-state index contributed by atoms with van der Waals surface area (Å²) in [6.07, 6.45) is 0. The summed E-state index contributed by atoms with van der Waals surface area (Å²) in [6.45, 7) is 4.89. The van der Waals surface area contributed by atoms with E-state index >= 15 is 0 Å². The lowest BCUT2D eigenvalue weighted by Crippen LogP contribution is -2.26. The highest BCUT2D eigenvalue weighted by molar-refractivity contribution is 7.92. The Bertz CT molecular complexity index is 724. The van der Waals surface area contributed by atoms with Crippen molar-refractivity contribution < 1.29 is 17.9 Å². The van der Waals surface area contributed by atoms with Gasteiger partial charge in [-0.25, -0.2) is 8.42 Å². The van der Waals surface area contributed by atoms with Gasteiger partial charge < -0.3 is 9.47 Å². The van der Waals surface area contributed by atoms with Crippen LogP contribution in [0.4, 0.5) is 5.69 Å². The average Bonchev–Trinajstić information content (AvgIpc) is 2.56. The van der Waals surface area contributed by atoms with Crippen LogP contribution in [0.2, 0.25) is 0 Å². The van der Waals surface area contributed by atoms with Crippen molar-refractivity contribution in [1.82, 2.24) is 0 Å². The number of hydrogen-bond acceptors (Lipinski definition) is 4. The minimum Gasteiger partial charge on any atom is -0.494 e. The minimum atomic E-state index is -3.61. The van der Waals surface area contributed by atoms with E-state index in [1.807, 2.05) is 13.8 Å². The second kappa shape index (κ2) is 7.37. The lowest BCUT2D eigenvalue weighted by Gasteiger charge is -2.20. The van der Waals surface area contributed by atoms with Gasteiger partial charge in [0.2, 0.25) is 0 Å². The zero-order chi connectivity index (χ0) is 16.9. The predicted molar refractivity (Wildman–Crippen MR) is 90.8 cm³/mol. The molecule has 0 aliphatic heterocycles. The number of sulfonamides is 1. The summed E-state index contributed by atoms with van der Waals surface area (Å²) in [5.41, 5.74) is 0.572. The maximum Gasteiger partial charge on any atom is 0.264 e. The van der Waals surface area contributed by atoms with Crippen molar-refractivity contribution in [2.45, 2.75) is 18.7 Å². The third-order valence-corrected chi connectivity index (χ3v) is 5.10. The average molecular weight is 335 g/mol. The molecule has 0 aliphatic carbocycles. The van der Waals surface area contributed by atoms with Gasteiger partial charge >= 0.3 is 0 Å². The summed E-state index contributed by atoms with van der Waals surface area (Å²) in [6, 6.07) is 13.3. The van der Waals surface area contributed by atoms with Gasteiger partial charge in [-0.05, 0) is 62.4 Å². The van der Waals surface area contributed by atoms with E-state index in [0.29, 0.717) is 30.4 Å². The second-order valence-corrected chi connectivity index (χ2v) is 6.77. The van der Waals surface area contributed by atoms with E-state index in [1.54, 1.807) is 48.5 Å². The molecule has 0 aromatic heterocycles. The Morgan fingerprint density at radius 3 is 1.70 bits per heavy atom. The van der Waals surface area contributed by atoms with Gasteiger partial charge in [-0.1, -0.05) is 0 Å². The maximum absolute atomic E-state index is 12.7. The molecule has 0 fully saturated rings. The quantitative estimate of drug-likeness (QED) is 0.779. The summed E-state index contributed by atoms with van der Waals surface area (Å²) in [5, 5.41) is 0. The van der Waals surface area contributed by atoms with Crippen molar-refractivity contribution in [3.05, 3.63) is 48.5 Å². The van der Waals surface area contributed by atoms with Crippen LogP contribution in [0, 0.1) is 0 Å². The number of rotatable bonds is 7. The molecule has 0 unspecified atom stereocenters. The lowest BCUT2D eigenvalue weighted by molar-refractivity contribution is 0.340. The number of benzene rings is 2. The minimum absolute atomic E-state index is 0.220. The Morgan fingerprint density at radius 1 is 0.826 bits per heavy atom. The van der Waals surface area contributed by atoms with Gasteiger partial charge in [0, 0.05) is 7.05 Å². The molecule has 0 heterocycles. The topological polar surface area (TPSA) is 55.8 Å². The molecule has 2 aromatic rings. The second-order valence-electron chi connectivity index (χ2n) is 4.80. The molecule has 5 nitrogen and oxygen atoms in total. The lowest BCUT2D eigenvalue weighted by atomic mass is 10.3. The van der Waals surface area contributed by atoms with Crippen LogP contribution in [0.3, 0.4) is 0 Å². The molecule has 0 saturated carbocycles. The Hall–Kier alpha value is -2.21. The summed E-state index contributed by atoms with van der Waals surface area (Å²) in [5.74, 6) is 1.36. The Labute approximate surface area is 137 Å². The summed E-state index contributed by atoms with van der Waals surface area (Å²) in [4.78, 5) is 0.220. The highest BCUT2D eigenvalue weighted by Gasteiger charge is 2.21. The van der Waals surface area contributed by atoms with Gasteiger partial charge in [0.1, 0.15) is 11.5 Å². The van der Waals surface area contributed by atoms with E-state index in [4.69, 9.17) is 9.47 Å². The molecule has 0 aliphatic rings. The summed E-state index contributed by atoms with van der Waals surface area (Å²) < 4.78 is 37.3. The van der Waals surface area contributed by atoms with Crippen LogP contribution in [0.25, 0.3) is 0 Å². The third kappa shape index (κ3) is 3.96. The molecule has 124 valence electrons. The van der Waals surface area contributed by atoms with Gasteiger partial charge in [-0.2, -0.15) is 0 Å². The van der Waals surface area contributed by atoms with Crippen LogP contribution in [0.15, 0.2) is 53.4 Å². The van der Waals surface area contributed by atoms with Gasteiger partial charge in [-0.3, -0.25) is 4.31 Å². The van der Waals surface area contributed by atoms with Crippen LogP contribution in [-0.2, 0) is 10.0 Å². The predicted octanol–water partition coefficient (Wildman–Crippen LogP) is 3.31. The molecule has 0 bridgehead atoms. The molecule has 0 radical (unpaired) electrons. The molecule has 0 atom stereocenters. The van der Waals surface area contributed by atoms with Gasteiger partial charge in [0.25, 0.3) is 10.0 Å². The number of nitrogens with zero attached hydrogens (tertiary/aromatic N) is 1. The SMILES string of the molecule is CCOc1ccc(N(C)S(=O)(=O)c2ccc(OCC)cc2)cc1. The smallest absolute Gasteiger partial charge is 0.264 e. The summed E-state index contributed by atoms with van der Waals surface area (Å²) >= 11 is 0. The molecule has 2 aromatic carbocycles. The van der Waals surface area contributed by atoms with Crippen LogP contribution >= 0.6 is 0 Å². The fourth-order valence-corrected chi connectivity index (χ4v) is 3.29. The standard InChI is InChI=1S/C17H21NO4S/c1-4-21-15-8-6-14(7-9-15)18(3)23(19,20)17-12-10-16(11-13-17)22-5-2/h6-13H,4-5H2,1-3H3. The van der Waals surface area contributed by atoms with Crippen molar-refractivity contribution >= 4 is 15.7 Å². The molecular weight excluding hydrogens is 314 g/mol. The molecule has 0 N–H and O–H groups in total. The van der Waals surface area contributed by atoms with E-state index in [-0.39, 0.29) is 4.90 Å². The zero-order valence-corrected chi connectivity index (χ0v) is 14.3. The van der Waals surface area contributed by atoms with Crippen molar-refractivity contribution in [2.75, 3.05) is 24.6 Å². The molecule has 6 heteroatoms. The van der Waals surface area contributed by atoms with Crippen LogP contribution < -0.4 is 13.8 Å². The first kappa shape index (κ1) is 17.1. The summed E-state index contributed by atoms with van der Waals surface area (Å²) in [7, 11) is -2.08. The van der Waals surface area contributed by atoms with Crippen molar-refractivity contribution in [1.29, 1.82) is 0 Å². The van der Waals surface area contributed by atoms with Crippen molar-refractivity contribution in [3.63, 3.8) is 0 Å². The zero-order valence-electron chi connectivity index (χ0n) is 13.5.